The van der Waals surface area contributed by atoms with Crippen LogP contribution in [0.5, 0.6) is 0 Å². The van der Waals surface area contributed by atoms with E-state index in [-0.39, 0.29) is 6.04 Å². The summed E-state index contributed by atoms with van der Waals surface area (Å²) in [7, 11) is 0. The van der Waals surface area contributed by atoms with E-state index >= 15 is 0 Å². The van der Waals surface area contributed by atoms with Crippen molar-refractivity contribution in [1.82, 2.24) is 0 Å². The molecule has 0 radical (unpaired) electrons. The number of thiophene rings is 1. The van der Waals surface area contributed by atoms with Gasteiger partial charge in [0.25, 0.3) is 0 Å². The lowest BCUT2D eigenvalue weighted by Gasteiger charge is -2.11. The maximum Gasteiger partial charge on any atom is 0.0702 e. The molecule has 2 aromatic rings. The highest BCUT2D eigenvalue weighted by Gasteiger charge is 2.11. The molecule has 0 aliphatic heterocycles. The highest BCUT2D eigenvalue weighted by atomic mass is 79.9. The Morgan fingerprint density at radius 2 is 2.06 bits per heavy atom. The van der Waals surface area contributed by atoms with Gasteiger partial charge in [0.2, 0.25) is 0 Å². The van der Waals surface area contributed by atoms with E-state index < -0.39 is 0 Å². The van der Waals surface area contributed by atoms with Crippen molar-refractivity contribution in [3.05, 3.63) is 55.1 Å². The van der Waals surface area contributed by atoms with Gasteiger partial charge >= 0.3 is 0 Å². The first-order valence-corrected chi connectivity index (χ1v) is 6.83. The second-order valence-corrected chi connectivity index (χ2v) is 6.53. The molecule has 0 spiro atoms. The predicted molar refractivity (Wildman–Crippen MR) is 74.2 cm³/mol. The van der Waals surface area contributed by atoms with E-state index in [0.29, 0.717) is 0 Å². The molecule has 1 aromatic heterocycles. The zero-order chi connectivity index (χ0) is 11.7. The fourth-order valence-electron chi connectivity index (χ4n) is 1.52. The predicted octanol–water partition coefficient (Wildman–Crippen LogP) is 4.52. The molecule has 0 amide bonds. The van der Waals surface area contributed by atoms with Gasteiger partial charge in [-0.25, -0.2) is 0 Å². The van der Waals surface area contributed by atoms with Gasteiger partial charge in [-0.15, -0.1) is 11.3 Å². The van der Waals surface area contributed by atoms with E-state index in [1.165, 1.54) is 0 Å². The third-order valence-corrected chi connectivity index (χ3v) is 4.57. The summed E-state index contributed by atoms with van der Waals surface area (Å²) in [6.07, 6.45) is 0. The number of benzene rings is 1. The van der Waals surface area contributed by atoms with Crippen LogP contribution in [0.25, 0.3) is 0 Å². The molecule has 0 bridgehead atoms. The molecule has 16 heavy (non-hydrogen) atoms. The van der Waals surface area contributed by atoms with E-state index in [9.17, 15) is 0 Å². The van der Waals surface area contributed by atoms with Crippen molar-refractivity contribution in [3.63, 3.8) is 0 Å². The maximum absolute atomic E-state index is 6.20. The summed E-state index contributed by atoms with van der Waals surface area (Å²) in [6.45, 7) is 1.99. The molecule has 1 unspecified atom stereocenters. The van der Waals surface area contributed by atoms with Gasteiger partial charge in [-0.3, -0.25) is 0 Å². The van der Waals surface area contributed by atoms with Crippen LogP contribution in [0.3, 0.4) is 0 Å². The van der Waals surface area contributed by atoms with E-state index in [1.54, 1.807) is 11.3 Å². The maximum atomic E-state index is 6.20. The molecule has 84 valence electrons. The van der Waals surface area contributed by atoms with Crippen molar-refractivity contribution < 1.29 is 0 Å². The van der Waals surface area contributed by atoms with Crippen molar-refractivity contribution in [3.8, 4) is 0 Å². The van der Waals surface area contributed by atoms with Gasteiger partial charge in [-0.1, -0.05) is 23.7 Å². The first-order chi connectivity index (χ1) is 7.58. The number of halogens is 2. The highest BCUT2D eigenvalue weighted by molar-refractivity contribution is 9.11. The second-order valence-electron chi connectivity index (χ2n) is 3.63. The van der Waals surface area contributed by atoms with Crippen LogP contribution in [0, 0.1) is 6.92 Å². The molecule has 2 rings (SSSR count). The largest absolute Gasteiger partial charge is 0.320 e. The summed E-state index contributed by atoms with van der Waals surface area (Å²) in [6, 6.07) is 9.90. The van der Waals surface area contributed by atoms with E-state index in [4.69, 9.17) is 17.3 Å². The molecule has 0 saturated heterocycles. The number of aryl methyl sites for hydroxylation is 1. The molecule has 0 fully saturated rings. The average Bonchev–Trinajstić information content (AvgIpc) is 2.68. The van der Waals surface area contributed by atoms with E-state index in [2.05, 4.69) is 15.9 Å². The van der Waals surface area contributed by atoms with Gasteiger partial charge in [-0.05, 0) is 52.2 Å². The smallest absolute Gasteiger partial charge is 0.0702 e. The minimum absolute atomic E-state index is 0.0766. The van der Waals surface area contributed by atoms with Crippen molar-refractivity contribution in [2.24, 2.45) is 5.73 Å². The summed E-state index contributed by atoms with van der Waals surface area (Å²) in [5.74, 6) is 0. The van der Waals surface area contributed by atoms with E-state index in [0.717, 1.165) is 24.8 Å². The molecule has 0 aliphatic rings. The van der Waals surface area contributed by atoms with Crippen LogP contribution in [0.15, 0.2) is 34.1 Å². The Balaban J connectivity index is 2.33. The molecule has 1 aromatic carbocycles. The number of hydrogen-bond donors (Lipinski definition) is 1. The topological polar surface area (TPSA) is 26.0 Å². The number of rotatable bonds is 2. The van der Waals surface area contributed by atoms with Gasteiger partial charge in [0.1, 0.15) is 0 Å². The molecule has 1 heterocycles. The van der Waals surface area contributed by atoms with Gasteiger partial charge in [-0.2, -0.15) is 0 Å². The molecule has 1 nitrogen and oxygen atoms in total. The summed E-state index contributed by atoms with van der Waals surface area (Å²) in [4.78, 5) is 1.15. The molecule has 0 aliphatic carbocycles. The van der Waals surface area contributed by atoms with Crippen molar-refractivity contribution in [1.29, 1.82) is 0 Å². The van der Waals surface area contributed by atoms with Crippen LogP contribution >= 0.6 is 38.9 Å². The standard InChI is InChI=1S/C12H11BrClNS/c1-7-6-8(2-3-9(7)14)12(15)10-4-5-11(13)16-10/h2-6,12H,15H2,1H3. The lowest BCUT2D eigenvalue weighted by Crippen LogP contribution is -2.10. The SMILES string of the molecule is Cc1cc(C(N)c2ccc(Br)s2)ccc1Cl. The fraction of sp³-hybridized carbons (Fsp3) is 0.167. The van der Waals surface area contributed by atoms with Crippen LogP contribution in [0.2, 0.25) is 5.02 Å². The van der Waals surface area contributed by atoms with E-state index in [1.807, 2.05) is 37.3 Å². The van der Waals surface area contributed by atoms with Crippen LogP contribution < -0.4 is 5.73 Å². The molecular formula is C12H11BrClNS. The van der Waals surface area contributed by atoms with Gasteiger partial charge in [0.05, 0.1) is 9.83 Å². The number of nitrogens with two attached hydrogens (primary N) is 1. The third kappa shape index (κ3) is 2.48. The number of hydrogen-bond acceptors (Lipinski definition) is 2. The first-order valence-electron chi connectivity index (χ1n) is 4.85. The summed E-state index contributed by atoms with van der Waals surface area (Å²) < 4.78 is 1.10. The molecule has 2 N–H and O–H groups in total. The van der Waals surface area contributed by atoms with Gasteiger partial charge < -0.3 is 5.73 Å². The van der Waals surface area contributed by atoms with Crippen molar-refractivity contribution in [2.45, 2.75) is 13.0 Å². The lowest BCUT2D eigenvalue weighted by atomic mass is 10.0. The Kier molecular flexibility index (Phi) is 3.70. The van der Waals surface area contributed by atoms with Crippen molar-refractivity contribution in [2.75, 3.05) is 0 Å². The highest BCUT2D eigenvalue weighted by Crippen LogP contribution is 2.30. The Hall–Kier alpha value is -0.350. The normalized spacial score (nSPS) is 12.8. The zero-order valence-electron chi connectivity index (χ0n) is 8.71. The fourth-order valence-corrected chi connectivity index (χ4v) is 3.09. The second kappa shape index (κ2) is 4.88. The Morgan fingerprint density at radius 3 is 2.62 bits per heavy atom. The molecule has 4 heteroatoms. The quantitative estimate of drug-likeness (QED) is 0.866. The minimum Gasteiger partial charge on any atom is -0.320 e. The lowest BCUT2D eigenvalue weighted by molar-refractivity contribution is 0.891. The van der Waals surface area contributed by atoms with Crippen LogP contribution in [0.4, 0.5) is 0 Å². The van der Waals surface area contributed by atoms with Gasteiger partial charge in [0.15, 0.2) is 0 Å². The summed E-state index contributed by atoms with van der Waals surface area (Å²) in [5.41, 5.74) is 8.35. The zero-order valence-corrected chi connectivity index (χ0v) is 11.9. The van der Waals surface area contributed by atoms with Crippen LogP contribution in [-0.2, 0) is 0 Å². The van der Waals surface area contributed by atoms with Gasteiger partial charge in [0, 0.05) is 9.90 Å². The molecule has 0 saturated carbocycles. The minimum atomic E-state index is -0.0766. The Bertz CT molecular complexity index is 509. The van der Waals surface area contributed by atoms with Crippen molar-refractivity contribution >= 4 is 38.9 Å². The third-order valence-electron chi connectivity index (χ3n) is 2.44. The van der Waals surface area contributed by atoms with Crippen LogP contribution in [-0.4, -0.2) is 0 Å². The Morgan fingerprint density at radius 1 is 1.31 bits per heavy atom. The molecule has 1 atom stereocenters. The molecular weight excluding hydrogens is 306 g/mol. The summed E-state index contributed by atoms with van der Waals surface area (Å²) in [5, 5.41) is 0.781. The first kappa shape index (κ1) is 12.1. The average molecular weight is 317 g/mol. The van der Waals surface area contributed by atoms with Crippen LogP contribution in [0.1, 0.15) is 22.0 Å². The Labute approximate surface area is 112 Å². The summed E-state index contributed by atoms with van der Waals surface area (Å²) >= 11 is 11.1. The monoisotopic (exact) mass is 315 g/mol.